The maximum atomic E-state index is 2.34. The summed E-state index contributed by atoms with van der Waals surface area (Å²) in [6.45, 7) is 10.9. The molecule has 1 aliphatic carbocycles. The Morgan fingerprint density at radius 2 is 1.67 bits per heavy atom. The fourth-order valence-corrected chi connectivity index (χ4v) is 2.28. The van der Waals surface area contributed by atoms with Crippen LogP contribution in [0.3, 0.4) is 0 Å². The summed E-state index contributed by atoms with van der Waals surface area (Å²) in [7, 11) is 0. The summed E-state index contributed by atoms with van der Waals surface area (Å²) in [5.41, 5.74) is 4.69. The minimum Gasteiger partial charge on any atom is -0.0683 e. The zero-order chi connectivity index (χ0) is 11.5. The molecule has 0 radical (unpaired) electrons. The van der Waals surface area contributed by atoms with Crippen molar-refractivity contribution in [2.24, 2.45) is 0 Å². The number of benzene rings is 1. The van der Waals surface area contributed by atoms with E-state index >= 15 is 0 Å². The molecule has 82 valence electrons. The average Bonchev–Trinajstić information content (AvgIpc) is 2.54. The van der Waals surface area contributed by atoms with Gasteiger partial charge in [-0.1, -0.05) is 70.5 Å². The zero-order valence-electron chi connectivity index (χ0n) is 10.6. The first kappa shape index (κ1) is 12.0. The lowest BCUT2D eigenvalue weighted by Gasteiger charge is -2.23. The van der Waals surface area contributed by atoms with E-state index in [1.54, 1.807) is 5.57 Å². The summed E-state index contributed by atoms with van der Waals surface area (Å²) < 4.78 is 0. The van der Waals surface area contributed by atoms with E-state index in [9.17, 15) is 0 Å². The molecule has 0 N–H and O–H groups in total. The monoisotopic (exact) mass is 202 g/mol. The van der Waals surface area contributed by atoms with Crippen LogP contribution in [-0.4, -0.2) is 0 Å². The van der Waals surface area contributed by atoms with Crippen LogP contribution in [0, 0.1) is 0 Å². The molecule has 0 atom stereocenters. The lowest BCUT2D eigenvalue weighted by Crippen LogP contribution is -2.16. The Morgan fingerprint density at radius 3 is 2.20 bits per heavy atom. The van der Waals surface area contributed by atoms with E-state index in [1.807, 2.05) is 13.8 Å². The zero-order valence-corrected chi connectivity index (χ0v) is 10.6. The molecule has 0 bridgehead atoms. The lowest BCUT2D eigenvalue weighted by atomic mass is 9.80. The molecular weight excluding hydrogens is 180 g/mol. The van der Waals surface area contributed by atoms with Gasteiger partial charge in [0.15, 0.2) is 0 Å². The van der Waals surface area contributed by atoms with Gasteiger partial charge in [0.05, 0.1) is 0 Å². The van der Waals surface area contributed by atoms with Crippen molar-refractivity contribution in [1.82, 2.24) is 0 Å². The second-order valence-corrected chi connectivity index (χ2v) is 4.24. The highest BCUT2D eigenvalue weighted by molar-refractivity contribution is 5.68. The van der Waals surface area contributed by atoms with Gasteiger partial charge in [-0.05, 0) is 17.5 Å². The molecule has 0 amide bonds. The predicted octanol–water partition coefficient (Wildman–Crippen LogP) is 4.80. The van der Waals surface area contributed by atoms with Crippen LogP contribution in [0.2, 0.25) is 0 Å². The summed E-state index contributed by atoms with van der Waals surface area (Å²) >= 11 is 0. The number of hydrogen-bond donors (Lipinski definition) is 0. The van der Waals surface area contributed by atoms with E-state index in [1.165, 1.54) is 11.1 Å². The van der Waals surface area contributed by atoms with Gasteiger partial charge >= 0.3 is 0 Å². The van der Waals surface area contributed by atoms with Crippen LogP contribution in [0.25, 0.3) is 6.08 Å². The first-order chi connectivity index (χ1) is 7.16. The van der Waals surface area contributed by atoms with Crippen LogP contribution in [-0.2, 0) is 5.41 Å². The molecule has 0 saturated carbocycles. The van der Waals surface area contributed by atoms with Crippen molar-refractivity contribution >= 4 is 6.08 Å². The van der Waals surface area contributed by atoms with Crippen LogP contribution in [0.1, 0.15) is 52.2 Å². The highest BCUT2D eigenvalue weighted by Crippen LogP contribution is 2.42. The quantitative estimate of drug-likeness (QED) is 0.613. The number of hydrogen-bond acceptors (Lipinski definition) is 0. The van der Waals surface area contributed by atoms with Crippen molar-refractivity contribution < 1.29 is 0 Å². The van der Waals surface area contributed by atoms with Crippen molar-refractivity contribution in [2.75, 3.05) is 0 Å². The molecule has 0 nitrogen and oxygen atoms in total. The molecule has 0 spiro atoms. The molecule has 0 fully saturated rings. The van der Waals surface area contributed by atoms with Crippen molar-refractivity contribution in [3.05, 3.63) is 41.0 Å². The molecule has 1 aromatic rings. The first-order valence-corrected chi connectivity index (χ1v) is 5.97. The second kappa shape index (κ2) is 4.65. The standard InChI is InChI=1S/C13H16.C2H6/c1-4-11-9-10-7-5-6-8-12(10)13(11,2)3;1-2/h5-9H,4H2,1-3H3;1-2H3. The third kappa shape index (κ3) is 1.99. The van der Waals surface area contributed by atoms with Crippen LogP contribution < -0.4 is 0 Å². The molecule has 15 heavy (non-hydrogen) atoms. The minimum atomic E-state index is 0.255. The molecule has 0 saturated heterocycles. The summed E-state index contributed by atoms with van der Waals surface area (Å²) in [5, 5.41) is 0. The maximum Gasteiger partial charge on any atom is 0.0114 e. The third-order valence-corrected chi connectivity index (χ3v) is 3.15. The number of fused-ring (bicyclic) bond motifs is 1. The van der Waals surface area contributed by atoms with Crippen molar-refractivity contribution in [2.45, 2.75) is 46.5 Å². The third-order valence-electron chi connectivity index (χ3n) is 3.15. The highest BCUT2D eigenvalue weighted by Gasteiger charge is 2.30. The molecule has 1 aliphatic rings. The van der Waals surface area contributed by atoms with Crippen LogP contribution in [0.4, 0.5) is 0 Å². The van der Waals surface area contributed by atoms with E-state index < -0.39 is 0 Å². The largest absolute Gasteiger partial charge is 0.0683 e. The van der Waals surface area contributed by atoms with E-state index in [0.717, 1.165) is 6.42 Å². The van der Waals surface area contributed by atoms with Gasteiger partial charge in [-0.3, -0.25) is 0 Å². The summed E-state index contributed by atoms with van der Waals surface area (Å²) in [5.74, 6) is 0. The Morgan fingerprint density at radius 1 is 1.07 bits per heavy atom. The normalized spacial score (nSPS) is 16.2. The van der Waals surface area contributed by atoms with Gasteiger partial charge in [0.1, 0.15) is 0 Å². The smallest absolute Gasteiger partial charge is 0.0114 e. The molecular formula is C15H22. The van der Waals surface area contributed by atoms with Crippen molar-refractivity contribution in [1.29, 1.82) is 0 Å². The maximum absolute atomic E-state index is 2.34. The van der Waals surface area contributed by atoms with Gasteiger partial charge in [0.25, 0.3) is 0 Å². The van der Waals surface area contributed by atoms with Gasteiger partial charge in [-0.15, -0.1) is 0 Å². The Hall–Kier alpha value is -1.04. The first-order valence-electron chi connectivity index (χ1n) is 5.97. The Bertz CT molecular complexity index is 356. The molecule has 0 unspecified atom stereocenters. The summed E-state index contributed by atoms with van der Waals surface area (Å²) in [6, 6.07) is 8.70. The fourth-order valence-electron chi connectivity index (χ4n) is 2.28. The topological polar surface area (TPSA) is 0 Å². The predicted molar refractivity (Wildman–Crippen MR) is 69.1 cm³/mol. The Kier molecular flexibility index (Phi) is 3.73. The van der Waals surface area contributed by atoms with E-state index in [-0.39, 0.29) is 5.41 Å². The van der Waals surface area contributed by atoms with Crippen LogP contribution in [0.5, 0.6) is 0 Å². The molecule has 0 aliphatic heterocycles. The summed E-state index contributed by atoms with van der Waals surface area (Å²) in [6.07, 6.45) is 3.50. The van der Waals surface area contributed by atoms with Crippen LogP contribution in [0.15, 0.2) is 29.8 Å². The van der Waals surface area contributed by atoms with Gasteiger partial charge in [-0.25, -0.2) is 0 Å². The second-order valence-electron chi connectivity index (χ2n) is 4.24. The van der Waals surface area contributed by atoms with E-state index in [4.69, 9.17) is 0 Å². The van der Waals surface area contributed by atoms with Gasteiger partial charge < -0.3 is 0 Å². The van der Waals surface area contributed by atoms with Gasteiger partial charge in [-0.2, -0.15) is 0 Å². The SMILES string of the molecule is CC.CCC1=Cc2ccccc2C1(C)C. The minimum absolute atomic E-state index is 0.255. The van der Waals surface area contributed by atoms with Crippen molar-refractivity contribution in [3.8, 4) is 0 Å². The average molecular weight is 202 g/mol. The number of rotatable bonds is 1. The summed E-state index contributed by atoms with van der Waals surface area (Å²) in [4.78, 5) is 0. The molecule has 0 heterocycles. The van der Waals surface area contributed by atoms with E-state index in [0.29, 0.717) is 0 Å². The van der Waals surface area contributed by atoms with Gasteiger partial charge in [0.2, 0.25) is 0 Å². The fraction of sp³-hybridized carbons (Fsp3) is 0.467. The number of allylic oxidation sites excluding steroid dienone is 1. The molecule has 0 aromatic heterocycles. The van der Waals surface area contributed by atoms with E-state index in [2.05, 4.69) is 51.1 Å². The van der Waals surface area contributed by atoms with Crippen molar-refractivity contribution in [3.63, 3.8) is 0 Å². The highest BCUT2D eigenvalue weighted by atomic mass is 14.3. The molecule has 1 aromatic carbocycles. The van der Waals surface area contributed by atoms with Crippen LogP contribution >= 0.6 is 0 Å². The molecule has 0 heteroatoms. The lowest BCUT2D eigenvalue weighted by molar-refractivity contribution is 0.618. The Labute approximate surface area is 94.0 Å². The van der Waals surface area contributed by atoms with Gasteiger partial charge in [0, 0.05) is 5.41 Å². The Balaban J connectivity index is 0.000000531. The molecule has 2 rings (SSSR count).